The molecule has 4 nitrogen and oxygen atoms in total. The van der Waals surface area contributed by atoms with Gasteiger partial charge in [-0.05, 0) is 24.3 Å². The largest absolute Gasteiger partial charge is 0.469 e. The van der Waals surface area contributed by atoms with Crippen molar-refractivity contribution in [2.45, 2.75) is 52.1 Å². The summed E-state index contributed by atoms with van der Waals surface area (Å²) in [5, 5.41) is 3.04. The zero-order valence-electron chi connectivity index (χ0n) is 11.3. The molecule has 2 rings (SSSR count). The number of amides is 1. The van der Waals surface area contributed by atoms with Crippen molar-refractivity contribution in [1.82, 2.24) is 5.32 Å². The van der Waals surface area contributed by atoms with E-state index in [1.54, 1.807) is 6.26 Å². The Morgan fingerprint density at radius 3 is 2.94 bits per heavy atom. The van der Waals surface area contributed by atoms with E-state index in [1.807, 2.05) is 26.8 Å². The van der Waals surface area contributed by atoms with Crippen LogP contribution in [0.15, 0.2) is 16.7 Å². The summed E-state index contributed by atoms with van der Waals surface area (Å²) in [6.45, 7) is 5.92. The SMILES string of the molecule is CC(C)(C)C(N)C(=O)NC1CCCc2occc21. The number of nitrogens with two attached hydrogens (primary N) is 1. The summed E-state index contributed by atoms with van der Waals surface area (Å²) in [5.74, 6) is 0.914. The van der Waals surface area contributed by atoms with Crippen molar-refractivity contribution in [2.24, 2.45) is 11.1 Å². The van der Waals surface area contributed by atoms with Gasteiger partial charge in [0.1, 0.15) is 5.76 Å². The monoisotopic (exact) mass is 250 g/mol. The van der Waals surface area contributed by atoms with E-state index in [0.717, 1.165) is 30.6 Å². The summed E-state index contributed by atoms with van der Waals surface area (Å²) in [7, 11) is 0. The maximum atomic E-state index is 12.1. The molecule has 0 radical (unpaired) electrons. The number of hydrogen-bond donors (Lipinski definition) is 2. The lowest BCUT2D eigenvalue weighted by Gasteiger charge is -2.29. The Balaban J connectivity index is 2.06. The fraction of sp³-hybridized carbons (Fsp3) is 0.643. The molecule has 2 unspecified atom stereocenters. The van der Waals surface area contributed by atoms with Crippen molar-refractivity contribution in [3.05, 3.63) is 23.7 Å². The Bertz CT molecular complexity index is 431. The lowest BCUT2D eigenvalue weighted by molar-refractivity contribution is -0.125. The first-order valence-electron chi connectivity index (χ1n) is 6.52. The molecule has 0 aliphatic heterocycles. The van der Waals surface area contributed by atoms with Gasteiger partial charge in [0.2, 0.25) is 5.91 Å². The molecule has 0 spiro atoms. The van der Waals surface area contributed by atoms with Crippen LogP contribution in [0.3, 0.4) is 0 Å². The lowest BCUT2D eigenvalue weighted by atomic mass is 9.86. The summed E-state index contributed by atoms with van der Waals surface area (Å²) < 4.78 is 5.41. The van der Waals surface area contributed by atoms with Gasteiger partial charge in [0.05, 0.1) is 18.3 Å². The van der Waals surface area contributed by atoms with Crippen LogP contribution >= 0.6 is 0 Å². The number of carbonyl (C=O) groups is 1. The van der Waals surface area contributed by atoms with Crippen LogP contribution in [0, 0.1) is 5.41 Å². The lowest BCUT2D eigenvalue weighted by Crippen LogP contribution is -2.49. The summed E-state index contributed by atoms with van der Waals surface area (Å²) >= 11 is 0. The molecule has 1 amide bonds. The van der Waals surface area contributed by atoms with E-state index in [-0.39, 0.29) is 17.4 Å². The number of furan rings is 1. The predicted octanol–water partition coefficient (Wildman–Crippen LogP) is 2.15. The topological polar surface area (TPSA) is 68.3 Å². The summed E-state index contributed by atoms with van der Waals surface area (Å²) in [6, 6.07) is 1.50. The van der Waals surface area contributed by atoms with Gasteiger partial charge in [-0.1, -0.05) is 20.8 Å². The molecule has 1 heterocycles. The van der Waals surface area contributed by atoms with Gasteiger partial charge in [-0.25, -0.2) is 0 Å². The van der Waals surface area contributed by atoms with Crippen molar-refractivity contribution in [3.8, 4) is 0 Å². The minimum atomic E-state index is -0.491. The number of rotatable bonds is 2. The van der Waals surface area contributed by atoms with E-state index < -0.39 is 6.04 Å². The van der Waals surface area contributed by atoms with Gasteiger partial charge in [0.25, 0.3) is 0 Å². The molecule has 3 N–H and O–H groups in total. The molecule has 1 aromatic rings. The molecule has 1 aromatic heterocycles. The van der Waals surface area contributed by atoms with Gasteiger partial charge in [0.15, 0.2) is 0 Å². The summed E-state index contributed by atoms with van der Waals surface area (Å²) in [6.07, 6.45) is 4.64. The van der Waals surface area contributed by atoms with E-state index in [9.17, 15) is 4.79 Å². The molecular weight excluding hydrogens is 228 g/mol. The maximum Gasteiger partial charge on any atom is 0.237 e. The molecule has 0 fully saturated rings. The molecule has 0 bridgehead atoms. The van der Waals surface area contributed by atoms with Crippen LogP contribution in [-0.4, -0.2) is 11.9 Å². The molecule has 2 atom stereocenters. The Morgan fingerprint density at radius 1 is 1.56 bits per heavy atom. The van der Waals surface area contributed by atoms with Crippen LogP contribution in [0.5, 0.6) is 0 Å². The third-order valence-electron chi connectivity index (χ3n) is 3.58. The summed E-state index contributed by atoms with van der Waals surface area (Å²) in [4.78, 5) is 12.1. The first kappa shape index (κ1) is 13.1. The van der Waals surface area contributed by atoms with E-state index in [2.05, 4.69) is 5.32 Å². The maximum absolute atomic E-state index is 12.1. The van der Waals surface area contributed by atoms with Crippen LogP contribution in [-0.2, 0) is 11.2 Å². The molecule has 18 heavy (non-hydrogen) atoms. The molecule has 0 aromatic carbocycles. The fourth-order valence-electron chi connectivity index (χ4n) is 2.29. The number of fused-ring (bicyclic) bond motifs is 1. The van der Waals surface area contributed by atoms with Crippen molar-refractivity contribution >= 4 is 5.91 Å². The Labute approximate surface area is 108 Å². The van der Waals surface area contributed by atoms with E-state index >= 15 is 0 Å². The minimum Gasteiger partial charge on any atom is -0.469 e. The van der Waals surface area contributed by atoms with E-state index in [0.29, 0.717) is 0 Å². The molecular formula is C14H22N2O2. The predicted molar refractivity (Wildman–Crippen MR) is 70.0 cm³/mol. The highest BCUT2D eigenvalue weighted by Crippen LogP contribution is 2.30. The Hall–Kier alpha value is -1.29. The van der Waals surface area contributed by atoms with Crippen LogP contribution in [0.25, 0.3) is 0 Å². The first-order chi connectivity index (χ1) is 8.39. The first-order valence-corrected chi connectivity index (χ1v) is 6.52. The van der Waals surface area contributed by atoms with Crippen LogP contribution < -0.4 is 11.1 Å². The second kappa shape index (κ2) is 4.76. The molecule has 0 saturated carbocycles. The average molecular weight is 250 g/mol. The Morgan fingerprint density at radius 2 is 2.28 bits per heavy atom. The minimum absolute atomic E-state index is 0.0494. The normalized spacial score (nSPS) is 21.2. The highest BCUT2D eigenvalue weighted by Gasteiger charge is 2.31. The number of carbonyl (C=O) groups excluding carboxylic acids is 1. The van der Waals surface area contributed by atoms with Crippen LogP contribution in [0.2, 0.25) is 0 Å². The molecule has 1 aliphatic rings. The molecule has 0 saturated heterocycles. The van der Waals surface area contributed by atoms with E-state index in [4.69, 9.17) is 10.2 Å². The highest BCUT2D eigenvalue weighted by molar-refractivity contribution is 5.82. The van der Waals surface area contributed by atoms with Gasteiger partial charge in [0, 0.05) is 12.0 Å². The van der Waals surface area contributed by atoms with Crippen molar-refractivity contribution in [1.29, 1.82) is 0 Å². The zero-order valence-corrected chi connectivity index (χ0v) is 11.3. The van der Waals surface area contributed by atoms with Crippen molar-refractivity contribution in [3.63, 3.8) is 0 Å². The highest BCUT2D eigenvalue weighted by atomic mass is 16.3. The van der Waals surface area contributed by atoms with Crippen LogP contribution in [0.1, 0.15) is 51.0 Å². The summed E-state index contributed by atoms with van der Waals surface area (Å²) in [5.41, 5.74) is 6.85. The van der Waals surface area contributed by atoms with Crippen molar-refractivity contribution in [2.75, 3.05) is 0 Å². The van der Waals surface area contributed by atoms with Gasteiger partial charge < -0.3 is 15.5 Å². The average Bonchev–Trinajstić information content (AvgIpc) is 2.75. The number of nitrogens with one attached hydrogen (secondary N) is 1. The van der Waals surface area contributed by atoms with Gasteiger partial charge in [-0.15, -0.1) is 0 Å². The number of aryl methyl sites for hydroxylation is 1. The van der Waals surface area contributed by atoms with Crippen LogP contribution in [0.4, 0.5) is 0 Å². The van der Waals surface area contributed by atoms with Gasteiger partial charge >= 0.3 is 0 Å². The molecule has 1 aliphatic carbocycles. The molecule has 4 heteroatoms. The molecule has 100 valence electrons. The third-order valence-corrected chi connectivity index (χ3v) is 3.58. The van der Waals surface area contributed by atoms with E-state index in [1.165, 1.54) is 0 Å². The van der Waals surface area contributed by atoms with Gasteiger partial charge in [-0.2, -0.15) is 0 Å². The Kier molecular flexibility index (Phi) is 3.48. The van der Waals surface area contributed by atoms with Gasteiger partial charge in [-0.3, -0.25) is 4.79 Å². The smallest absolute Gasteiger partial charge is 0.237 e. The standard InChI is InChI=1S/C14H22N2O2/c1-14(2,3)12(15)13(17)16-10-5-4-6-11-9(10)7-8-18-11/h7-8,10,12H,4-6,15H2,1-3H3,(H,16,17). The third kappa shape index (κ3) is 2.58. The second-order valence-electron chi connectivity index (χ2n) is 6.10. The second-order valence-corrected chi connectivity index (χ2v) is 6.10. The number of hydrogen-bond acceptors (Lipinski definition) is 3. The fourth-order valence-corrected chi connectivity index (χ4v) is 2.29. The quantitative estimate of drug-likeness (QED) is 0.845. The van der Waals surface area contributed by atoms with Crippen molar-refractivity contribution < 1.29 is 9.21 Å². The zero-order chi connectivity index (χ0) is 13.3.